The molecule has 2 N–H and O–H groups in total. The Labute approximate surface area is 100 Å². The Balaban J connectivity index is 2.17. The van der Waals surface area contributed by atoms with Crippen molar-refractivity contribution in [3.05, 3.63) is 59.9 Å². The predicted molar refractivity (Wildman–Crippen MR) is 69.4 cm³/mol. The molecule has 0 amide bonds. The van der Waals surface area contributed by atoms with Crippen LogP contribution >= 0.6 is 0 Å². The summed E-state index contributed by atoms with van der Waals surface area (Å²) in [6, 6.07) is 14.6. The van der Waals surface area contributed by atoms with Crippen molar-refractivity contribution in [1.29, 1.82) is 0 Å². The van der Waals surface area contributed by atoms with Gasteiger partial charge in [0.1, 0.15) is 5.82 Å². The second-order valence-corrected chi connectivity index (χ2v) is 4.08. The first-order valence-corrected chi connectivity index (χ1v) is 5.46. The fourth-order valence-corrected chi connectivity index (χ4v) is 1.77. The van der Waals surface area contributed by atoms with E-state index in [1.807, 2.05) is 42.3 Å². The van der Waals surface area contributed by atoms with E-state index in [1.54, 1.807) is 6.07 Å². The zero-order chi connectivity index (χ0) is 12.3. The number of anilines is 2. The molecule has 0 atom stereocenters. The monoisotopic (exact) mass is 230 g/mol. The van der Waals surface area contributed by atoms with Crippen LogP contribution in [0.5, 0.6) is 0 Å². The van der Waals surface area contributed by atoms with E-state index in [0.29, 0.717) is 5.69 Å². The number of nitrogens with zero attached hydrogens (tertiary/aromatic N) is 1. The third-order valence-corrected chi connectivity index (χ3v) is 2.61. The van der Waals surface area contributed by atoms with Crippen LogP contribution in [0.15, 0.2) is 48.5 Å². The van der Waals surface area contributed by atoms with Crippen molar-refractivity contribution in [3.8, 4) is 0 Å². The Kier molecular flexibility index (Phi) is 3.28. The average Bonchev–Trinajstić information content (AvgIpc) is 2.29. The molecule has 0 aliphatic heterocycles. The SMILES string of the molecule is CN(Cc1ccccc1)c1cc(N)cc(F)c1. The lowest BCUT2D eigenvalue weighted by Crippen LogP contribution is -2.16. The van der Waals surface area contributed by atoms with Crippen LogP contribution in [0.4, 0.5) is 15.8 Å². The van der Waals surface area contributed by atoms with Crippen molar-refractivity contribution in [2.75, 3.05) is 17.7 Å². The molecule has 0 aliphatic rings. The minimum atomic E-state index is -0.306. The van der Waals surface area contributed by atoms with Crippen molar-refractivity contribution in [2.45, 2.75) is 6.54 Å². The highest BCUT2D eigenvalue weighted by atomic mass is 19.1. The van der Waals surface area contributed by atoms with Gasteiger partial charge in [-0.3, -0.25) is 0 Å². The molecule has 0 bridgehead atoms. The second kappa shape index (κ2) is 4.87. The zero-order valence-electron chi connectivity index (χ0n) is 9.73. The molecule has 0 fully saturated rings. The molecular weight excluding hydrogens is 215 g/mol. The van der Waals surface area contributed by atoms with Crippen LogP contribution in [0, 0.1) is 5.82 Å². The lowest BCUT2D eigenvalue weighted by molar-refractivity contribution is 0.628. The van der Waals surface area contributed by atoms with E-state index >= 15 is 0 Å². The van der Waals surface area contributed by atoms with Gasteiger partial charge in [0.25, 0.3) is 0 Å². The van der Waals surface area contributed by atoms with E-state index in [-0.39, 0.29) is 5.82 Å². The average molecular weight is 230 g/mol. The van der Waals surface area contributed by atoms with Crippen molar-refractivity contribution in [2.24, 2.45) is 0 Å². The van der Waals surface area contributed by atoms with Crippen LogP contribution in [0.2, 0.25) is 0 Å². The molecule has 0 spiro atoms. The molecule has 3 heteroatoms. The maximum atomic E-state index is 13.2. The molecule has 0 heterocycles. The summed E-state index contributed by atoms with van der Waals surface area (Å²) in [7, 11) is 1.92. The zero-order valence-corrected chi connectivity index (χ0v) is 9.73. The Morgan fingerprint density at radius 3 is 2.47 bits per heavy atom. The topological polar surface area (TPSA) is 29.3 Å². The highest BCUT2D eigenvalue weighted by molar-refractivity contribution is 5.56. The number of halogens is 1. The van der Waals surface area contributed by atoms with Crippen LogP contribution in [0.25, 0.3) is 0 Å². The number of nitrogens with two attached hydrogens (primary N) is 1. The van der Waals surface area contributed by atoms with Gasteiger partial charge in [0, 0.05) is 25.0 Å². The van der Waals surface area contributed by atoms with E-state index in [0.717, 1.165) is 12.2 Å². The molecular formula is C14H15FN2. The smallest absolute Gasteiger partial charge is 0.127 e. The summed E-state index contributed by atoms with van der Waals surface area (Å²) in [6.45, 7) is 0.726. The fraction of sp³-hybridized carbons (Fsp3) is 0.143. The predicted octanol–water partition coefficient (Wildman–Crippen LogP) is 3.04. The van der Waals surface area contributed by atoms with Gasteiger partial charge < -0.3 is 10.6 Å². The number of hydrogen-bond acceptors (Lipinski definition) is 2. The quantitative estimate of drug-likeness (QED) is 0.821. The molecule has 88 valence electrons. The maximum absolute atomic E-state index is 13.2. The maximum Gasteiger partial charge on any atom is 0.127 e. The van der Waals surface area contributed by atoms with Gasteiger partial charge in [0.05, 0.1) is 0 Å². The van der Waals surface area contributed by atoms with Crippen LogP contribution in [0.1, 0.15) is 5.56 Å². The van der Waals surface area contributed by atoms with Crippen LogP contribution in [0.3, 0.4) is 0 Å². The summed E-state index contributed by atoms with van der Waals surface area (Å²) in [5.74, 6) is -0.306. The largest absolute Gasteiger partial charge is 0.399 e. The molecule has 0 aromatic heterocycles. The first kappa shape index (κ1) is 11.5. The Morgan fingerprint density at radius 1 is 1.12 bits per heavy atom. The van der Waals surface area contributed by atoms with Gasteiger partial charge in [0.15, 0.2) is 0 Å². The van der Waals surface area contributed by atoms with Crippen molar-refractivity contribution >= 4 is 11.4 Å². The molecule has 0 unspecified atom stereocenters. The molecule has 0 saturated carbocycles. The Morgan fingerprint density at radius 2 is 1.82 bits per heavy atom. The molecule has 2 rings (SSSR count). The van der Waals surface area contributed by atoms with Gasteiger partial charge in [-0.15, -0.1) is 0 Å². The first-order valence-electron chi connectivity index (χ1n) is 5.46. The first-order chi connectivity index (χ1) is 8.15. The van der Waals surface area contributed by atoms with Crippen LogP contribution in [-0.2, 0) is 6.54 Å². The third-order valence-electron chi connectivity index (χ3n) is 2.61. The molecule has 17 heavy (non-hydrogen) atoms. The lowest BCUT2D eigenvalue weighted by Gasteiger charge is -2.19. The summed E-state index contributed by atoms with van der Waals surface area (Å²) in [5, 5.41) is 0. The summed E-state index contributed by atoms with van der Waals surface area (Å²) < 4.78 is 13.2. The Bertz CT molecular complexity index is 477. The minimum absolute atomic E-state index is 0.306. The highest BCUT2D eigenvalue weighted by Crippen LogP contribution is 2.20. The van der Waals surface area contributed by atoms with Crippen molar-refractivity contribution in [1.82, 2.24) is 0 Å². The van der Waals surface area contributed by atoms with Crippen LogP contribution < -0.4 is 10.6 Å². The van der Waals surface area contributed by atoms with Gasteiger partial charge in [-0.05, 0) is 23.8 Å². The van der Waals surface area contributed by atoms with Crippen molar-refractivity contribution in [3.63, 3.8) is 0 Å². The van der Waals surface area contributed by atoms with Gasteiger partial charge in [-0.25, -0.2) is 4.39 Å². The summed E-state index contributed by atoms with van der Waals surface area (Å²) >= 11 is 0. The molecule has 0 saturated heterocycles. The van der Waals surface area contributed by atoms with E-state index in [9.17, 15) is 4.39 Å². The number of benzene rings is 2. The van der Waals surface area contributed by atoms with E-state index in [2.05, 4.69) is 0 Å². The van der Waals surface area contributed by atoms with Gasteiger partial charge in [0.2, 0.25) is 0 Å². The normalized spacial score (nSPS) is 10.2. The van der Waals surface area contributed by atoms with Gasteiger partial charge in [-0.1, -0.05) is 30.3 Å². The van der Waals surface area contributed by atoms with Gasteiger partial charge in [-0.2, -0.15) is 0 Å². The fourth-order valence-electron chi connectivity index (χ4n) is 1.77. The molecule has 2 aromatic rings. The van der Waals surface area contributed by atoms with E-state index in [4.69, 9.17) is 5.73 Å². The summed E-state index contributed by atoms with van der Waals surface area (Å²) in [6.07, 6.45) is 0. The second-order valence-electron chi connectivity index (χ2n) is 4.08. The molecule has 0 radical (unpaired) electrons. The van der Waals surface area contributed by atoms with Crippen LogP contribution in [-0.4, -0.2) is 7.05 Å². The van der Waals surface area contributed by atoms with E-state index in [1.165, 1.54) is 17.7 Å². The lowest BCUT2D eigenvalue weighted by atomic mass is 10.2. The third kappa shape index (κ3) is 2.97. The number of hydrogen-bond donors (Lipinski definition) is 1. The highest BCUT2D eigenvalue weighted by Gasteiger charge is 2.04. The Hall–Kier alpha value is -2.03. The standard InChI is InChI=1S/C14H15FN2/c1-17(10-11-5-3-2-4-6-11)14-8-12(15)7-13(16)9-14/h2-9H,10,16H2,1H3. The molecule has 0 aliphatic carbocycles. The summed E-state index contributed by atoms with van der Waals surface area (Å²) in [5.41, 5.74) is 8.03. The van der Waals surface area contributed by atoms with E-state index < -0.39 is 0 Å². The van der Waals surface area contributed by atoms with Gasteiger partial charge >= 0.3 is 0 Å². The molecule has 2 aromatic carbocycles. The van der Waals surface area contributed by atoms with Crippen molar-refractivity contribution < 1.29 is 4.39 Å². The number of nitrogen functional groups attached to an aromatic ring is 1. The molecule has 2 nitrogen and oxygen atoms in total. The summed E-state index contributed by atoms with van der Waals surface area (Å²) in [4.78, 5) is 1.97. The number of rotatable bonds is 3. The minimum Gasteiger partial charge on any atom is -0.399 e.